The Morgan fingerprint density at radius 1 is 1.47 bits per heavy atom. The second kappa shape index (κ2) is 5.53. The van der Waals surface area contributed by atoms with Crippen LogP contribution in [0.1, 0.15) is 23.8 Å². The third-order valence-electron chi connectivity index (χ3n) is 2.95. The summed E-state index contributed by atoms with van der Waals surface area (Å²) in [5, 5.41) is 6.85. The molecular weight excluding hydrogens is 300 g/mol. The zero-order valence-corrected chi connectivity index (χ0v) is 12.6. The summed E-state index contributed by atoms with van der Waals surface area (Å²) in [5.74, 6) is 0. The molecule has 6 heteroatoms. The van der Waals surface area contributed by atoms with Crippen molar-refractivity contribution in [1.82, 2.24) is 4.98 Å². The fourth-order valence-corrected chi connectivity index (χ4v) is 3.64. The lowest BCUT2D eigenvalue weighted by molar-refractivity contribution is 0.0839. The summed E-state index contributed by atoms with van der Waals surface area (Å²) in [6, 6.07) is 5.89. The van der Waals surface area contributed by atoms with Gasteiger partial charge in [-0.05, 0) is 18.4 Å². The average molecular weight is 311 g/mol. The molecular formula is C13H11ClN2OS2. The lowest BCUT2D eigenvalue weighted by Gasteiger charge is -2.14. The molecule has 0 bridgehead atoms. The maximum Gasteiger partial charge on any atom is 0.160 e. The van der Waals surface area contributed by atoms with Crippen LogP contribution in [-0.4, -0.2) is 17.0 Å². The van der Waals surface area contributed by atoms with Crippen LogP contribution in [0.3, 0.4) is 0 Å². The Hall–Kier alpha value is -1.04. The van der Waals surface area contributed by atoms with E-state index in [1.165, 1.54) is 0 Å². The van der Waals surface area contributed by atoms with E-state index in [0.29, 0.717) is 6.42 Å². The monoisotopic (exact) mass is 310 g/mol. The van der Waals surface area contributed by atoms with Crippen LogP contribution in [0.25, 0.3) is 0 Å². The molecule has 2 aromatic rings. The number of benzene rings is 1. The first-order valence-corrected chi connectivity index (χ1v) is 8.28. The van der Waals surface area contributed by atoms with Crippen LogP contribution < -0.4 is 0 Å². The molecule has 19 heavy (non-hydrogen) atoms. The Balaban J connectivity index is 1.87. The van der Waals surface area contributed by atoms with Gasteiger partial charge in [-0.3, -0.25) is 0 Å². The Labute approximate surface area is 124 Å². The summed E-state index contributed by atoms with van der Waals surface area (Å²) < 4.78 is 0. The molecule has 98 valence electrons. The Morgan fingerprint density at radius 2 is 2.37 bits per heavy atom. The van der Waals surface area contributed by atoms with E-state index in [4.69, 9.17) is 16.4 Å². The van der Waals surface area contributed by atoms with Crippen molar-refractivity contribution in [2.45, 2.75) is 17.4 Å². The van der Waals surface area contributed by atoms with Gasteiger partial charge in [-0.25, -0.2) is 4.98 Å². The molecule has 3 rings (SSSR count). The zero-order valence-electron chi connectivity index (χ0n) is 10.2. The number of thiazole rings is 1. The molecule has 0 radical (unpaired) electrons. The smallest absolute Gasteiger partial charge is 0.160 e. The maximum absolute atomic E-state index is 6.30. The number of nitrogens with zero attached hydrogens (tertiary/aromatic N) is 2. The molecule has 1 aromatic heterocycles. The molecule has 1 atom stereocenters. The zero-order chi connectivity index (χ0) is 13.2. The fourth-order valence-electron chi connectivity index (χ4n) is 2.05. The lowest BCUT2D eigenvalue weighted by atomic mass is 10.0. The predicted octanol–water partition coefficient (Wildman–Crippen LogP) is 4.38. The highest BCUT2D eigenvalue weighted by molar-refractivity contribution is 7.98. The molecule has 2 heterocycles. The van der Waals surface area contributed by atoms with E-state index >= 15 is 0 Å². The van der Waals surface area contributed by atoms with Gasteiger partial charge in [0.25, 0.3) is 0 Å². The van der Waals surface area contributed by atoms with Crippen molar-refractivity contribution in [3.8, 4) is 0 Å². The van der Waals surface area contributed by atoms with Gasteiger partial charge in [0.15, 0.2) is 6.10 Å². The molecule has 3 nitrogen and oxygen atoms in total. The van der Waals surface area contributed by atoms with E-state index in [1.807, 2.05) is 23.8 Å². The molecule has 0 aliphatic carbocycles. The molecule has 0 amide bonds. The normalized spacial score (nSPS) is 18.2. The third-order valence-corrected chi connectivity index (χ3v) is 4.66. The van der Waals surface area contributed by atoms with Gasteiger partial charge in [-0.2, -0.15) is 0 Å². The number of hydrogen-bond acceptors (Lipinski definition) is 5. The summed E-state index contributed by atoms with van der Waals surface area (Å²) in [7, 11) is 0. The topological polar surface area (TPSA) is 34.5 Å². The van der Waals surface area contributed by atoms with Crippen molar-refractivity contribution in [3.63, 3.8) is 0 Å². The highest BCUT2D eigenvalue weighted by atomic mass is 35.5. The van der Waals surface area contributed by atoms with Gasteiger partial charge < -0.3 is 4.84 Å². The lowest BCUT2D eigenvalue weighted by Crippen LogP contribution is -2.03. The van der Waals surface area contributed by atoms with Crippen molar-refractivity contribution in [2.24, 2.45) is 5.16 Å². The minimum Gasteiger partial charge on any atom is -0.387 e. The number of rotatable bonds is 3. The van der Waals surface area contributed by atoms with Crippen LogP contribution in [0.5, 0.6) is 0 Å². The first-order valence-electron chi connectivity index (χ1n) is 5.73. The highest BCUT2D eigenvalue weighted by Crippen LogP contribution is 2.38. The molecule has 1 aromatic carbocycles. The molecule has 0 saturated heterocycles. The van der Waals surface area contributed by atoms with Crippen molar-refractivity contribution >= 4 is 40.4 Å². The Bertz CT molecular complexity index is 613. The maximum atomic E-state index is 6.30. The first kappa shape index (κ1) is 13.0. The van der Waals surface area contributed by atoms with Gasteiger partial charge in [-0.1, -0.05) is 22.8 Å². The third kappa shape index (κ3) is 2.50. The van der Waals surface area contributed by atoms with Gasteiger partial charge >= 0.3 is 0 Å². The molecule has 0 N–H and O–H groups in total. The first-order chi connectivity index (χ1) is 9.29. The molecule has 0 saturated carbocycles. The van der Waals surface area contributed by atoms with E-state index in [9.17, 15) is 0 Å². The minimum atomic E-state index is -0.118. The van der Waals surface area contributed by atoms with E-state index in [2.05, 4.69) is 16.2 Å². The number of thioether (sulfide) groups is 1. The molecule has 1 unspecified atom stereocenters. The fraction of sp³-hybridized carbons (Fsp3) is 0.231. The van der Waals surface area contributed by atoms with Crippen molar-refractivity contribution < 1.29 is 4.84 Å². The van der Waals surface area contributed by atoms with Gasteiger partial charge in [0.1, 0.15) is 5.71 Å². The second-order valence-electron chi connectivity index (χ2n) is 4.07. The van der Waals surface area contributed by atoms with Crippen LogP contribution in [0, 0.1) is 0 Å². The van der Waals surface area contributed by atoms with Crippen LogP contribution in [0.2, 0.25) is 5.02 Å². The quantitative estimate of drug-likeness (QED) is 0.789. The van der Waals surface area contributed by atoms with E-state index in [-0.39, 0.29) is 6.10 Å². The van der Waals surface area contributed by atoms with Crippen molar-refractivity contribution in [1.29, 1.82) is 0 Å². The predicted molar refractivity (Wildman–Crippen MR) is 80.3 cm³/mol. The number of oxime groups is 1. The van der Waals surface area contributed by atoms with E-state index in [0.717, 1.165) is 26.9 Å². The number of halogens is 1. The van der Waals surface area contributed by atoms with Crippen LogP contribution in [0.15, 0.2) is 39.1 Å². The summed E-state index contributed by atoms with van der Waals surface area (Å²) >= 11 is 9.53. The van der Waals surface area contributed by atoms with Crippen LogP contribution in [0.4, 0.5) is 0 Å². The second-order valence-corrected chi connectivity index (χ2v) is 6.04. The summed E-state index contributed by atoms with van der Waals surface area (Å²) in [6.07, 6.45) is 2.63. The molecule has 1 aliphatic rings. The number of aromatic nitrogens is 1. The summed E-state index contributed by atoms with van der Waals surface area (Å²) in [6.45, 7) is 0. The molecule has 0 fully saturated rings. The molecule has 1 aliphatic heterocycles. The SMILES string of the molecule is CSc1cccc(Cl)c1C1CC(c2cscn2)=NO1. The summed E-state index contributed by atoms with van der Waals surface area (Å²) in [4.78, 5) is 10.9. The van der Waals surface area contributed by atoms with Crippen molar-refractivity contribution in [3.05, 3.63) is 45.4 Å². The highest BCUT2D eigenvalue weighted by Gasteiger charge is 2.28. The van der Waals surface area contributed by atoms with Crippen LogP contribution in [-0.2, 0) is 4.84 Å². The van der Waals surface area contributed by atoms with Crippen LogP contribution >= 0.6 is 34.7 Å². The summed E-state index contributed by atoms with van der Waals surface area (Å²) in [5.41, 5.74) is 4.60. The van der Waals surface area contributed by atoms with Gasteiger partial charge in [-0.15, -0.1) is 23.1 Å². The Kier molecular flexibility index (Phi) is 3.77. The van der Waals surface area contributed by atoms with Crippen molar-refractivity contribution in [2.75, 3.05) is 6.26 Å². The largest absolute Gasteiger partial charge is 0.387 e. The van der Waals surface area contributed by atoms with Gasteiger partial charge in [0.2, 0.25) is 0 Å². The van der Waals surface area contributed by atoms with E-state index < -0.39 is 0 Å². The molecule has 0 spiro atoms. The average Bonchev–Trinajstić information content (AvgIpc) is 3.08. The minimum absolute atomic E-state index is 0.118. The van der Waals surface area contributed by atoms with Gasteiger partial charge in [0.05, 0.1) is 11.2 Å². The van der Waals surface area contributed by atoms with E-state index in [1.54, 1.807) is 28.6 Å². The van der Waals surface area contributed by atoms with Gasteiger partial charge in [0, 0.05) is 27.3 Å². The number of hydrogen-bond donors (Lipinski definition) is 0. The standard InChI is InChI=1S/C13H11ClN2OS2/c1-18-12-4-2-3-8(14)13(12)11-5-9(16-17-11)10-6-19-7-15-10/h2-4,6-7,11H,5H2,1H3. The Morgan fingerprint density at radius 3 is 3.11 bits per heavy atom.